The Morgan fingerprint density at radius 3 is 3.06 bits per heavy atom. The van der Waals surface area contributed by atoms with Crippen LogP contribution in [0.15, 0.2) is 6.20 Å². The van der Waals surface area contributed by atoms with Crippen LogP contribution in [0.2, 0.25) is 0 Å². The van der Waals surface area contributed by atoms with Crippen LogP contribution in [0.5, 0.6) is 0 Å². The van der Waals surface area contributed by atoms with E-state index < -0.39 is 0 Å². The quantitative estimate of drug-likeness (QED) is 0.820. The fourth-order valence-corrected chi connectivity index (χ4v) is 2.34. The number of aromatic nitrogens is 2. The molecule has 0 aliphatic carbocycles. The summed E-state index contributed by atoms with van der Waals surface area (Å²) in [7, 11) is 1.87. The molecular formula is C12H20N4O. The monoisotopic (exact) mass is 236 g/mol. The van der Waals surface area contributed by atoms with Crippen molar-refractivity contribution in [3.05, 3.63) is 11.9 Å². The van der Waals surface area contributed by atoms with Gasteiger partial charge in [0.2, 0.25) is 5.91 Å². The minimum absolute atomic E-state index is 0.0694. The second-order valence-electron chi connectivity index (χ2n) is 4.64. The number of anilines is 1. The number of carbonyl (C=O) groups is 1. The number of nitrogens with one attached hydrogen (secondary N) is 2. The van der Waals surface area contributed by atoms with Crippen molar-refractivity contribution in [3.63, 3.8) is 0 Å². The Balaban J connectivity index is 2.07. The summed E-state index contributed by atoms with van der Waals surface area (Å²) in [4.78, 5) is 12.1. The lowest BCUT2D eigenvalue weighted by Crippen LogP contribution is -2.32. The Bertz CT molecular complexity index is 413. The maximum absolute atomic E-state index is 12.1. The summed E-state index contributed by atoms with van der Waals surface area (Å²) in [5.74, 6) is 0.171. The highest BCUT2D eigenvalue weighted by molar-refractivity contribution is 5.93. The van der Waals surface area contributed by atoms with E-state index in [-0.39, 0.29) is 17.9 Å². The highest BCUT2D eigenvalue weighted by Gasteiger charge is 2.29. The zero-order chi connectivity index (χ0) is 12.4. The zero-order valence-electron chi connectivity index (χ0n) is 10.7. The van der Waals surface area contributed by atoms with Crippen molar-refractivity contribution in [3.8, 4) is 0 Å². The molecule has 1 aliphatic rings. The van der Waals surface area contributed by atoms with Crippen molar-refractivity contribution in [2.24, 2.45) is 13.0 Å². The summed E-state index contributed by atoms with van der Waals surface area (Å²) in [6, 6.07) is 0.261. The van der Waals surface area contributed by atoms with Crippen molar-refractivity contribution >= 4 is 11.6 Å². The summed E-state index contributed by atoms with van der Waals surface area (Å²) in [6.07, 6.45) is 3.60. The molecule has 1 amide bonds. The second-order valence-corrected chi connectivity index (χ2v) is 4.64. The molecule has 0 saturated carbocycles. The summed E-state index contributed by atoms with van der Waals surface area (Å²) in [5, 5.41) is 10.6. The van der Waals surface area contributed by atoms with E-state index in [0.717, 1.165) is 30.8 Å². The van der Waals surface area contributed by atoms with E-state index in [0.29, 0.717) is 0 Å². The maximum Gasteiger partial charge on any atom is 0.229 e. The predicted octanol–water partition coefficient (Wildman–Crippen LogP) is 0.919. The summed E-state index contributed by atoms with van der Waals surface area (Å²) in [5.41, 5.74) is 1.79. The molecule has 17 heavy (non-hydrogen) atoms. The number of carbonyl (C=O) groups excluding carboxylic acids is 1. The molecule has 5 nitrogen and oxygen atoms in total. The molecule has 1 saturated heterocycles. The first kappa shape index (κ1) is 12.1. The van der Waals surface area contributed by atoms with Crippen molar-refractivity contribution in [1.29, 1.82) is 0 Å². The first-order chi connectivity index (χ1) is 8.11. The SMILES string of the molecule is CCc1nn(C)cc1NC(=O)C1CCNC1C. The number of hydrogen-bond donors (Lipinski definition) is 2. The first-order valence-corrected chi connectivity index (χ1v) is 6.18. The van der Waals surface area contributed by atoms with E-state index >= 15 is 0 Å². The third-order valence-corrected chi connectivity index (χ3v) is 3.36. The van der Waals surface area contributed by atoms with E-state index in [9.17, 15) is 4.79 Å². The van der Waals surface area contributed by atoms with Crippen LogP contribution in [-0.2, 0) is 18.3 Å². The average Bonchev–Trinajstić information content (AvgIpc) is 2.84. The van der Waals surface area contributed by atoms with Gasteiger partial charge in [-0.25, -0.2) is 0 Å². The molecule has 2 unspecified atom stereocenters. The fourth-order valence-electron chi connectivity index (χ4n) is 2.34. The fraction of sp³-hybridized carbons (Fsp3) is 0.667. The minimum atomic E-state index is 0.0694. The largest absolute Gasteiger partial charge is 0.323 e. The van der Waals surface area contributed by atoms with Gasteiger partial charge in [0.15, 0.2) is 0 Å². The van der Waals surface area contributed by atoms with E-state index in [1.54, 1.807) is 4.68 Å². The number of rotatable bonds is 3. The molecule has 5 heteroatoms. The van der Waals surface area contributed by atoms with Gasteiger partial charge in [0.1, 0.15) is 0 Å². The molecule has 2 atom stereocenters. The van der Waals surface area contributed by atoms with Gasteiger partial charge in [-0.15, -0.1) is 0 Å². The molecule has 0 aromatic carbocycles. The van der Waals surface area contributed by atoms with E-state index in [2.05, 4.69) is 22.7 Å². The molecule has 2 N–H and O–H groups in total. The summed E-state index contributed by atoms with van der Waals surface area (Å²) < 4.78 is 1.74. The lowest BCUT2D eigenvalue weighted by atomic mass is 10.0. The van der Waals surface area contributed by atoms with Gasteiger partial charge in [0, 0.05) is 19.3 Å². The molecule has 0 radical (unpaired) electrons. The van der Waals surface area contributed by atoms with Crippen molar-refractivity contribution in [2.75, 3.05) is 11.9 Å². The molecule has 94 valence electrons. The molecule has 1 aromatic rings. The lowest BCUT2D eigenvalue weighted by molar-refractivity contribution is -0.120. The van der Waals surface area contributed by atoms with Gasteiger partial charge >= 0.3 is 0 Å². The van der Waals surface area contributed by atoms with Gasteiger partial charge in [-0.3, -0.25) is 9.48 Å². The smallest absolute Gasteiger partial charge is 0.229 e. The van der Waals surface area contributed by atoms with E-state index in [1.165, 1.54) is 0 Å². The molecule has 1 aliphatic heterocycles. The number of amides is 1. The van der Waals surface area contributed by atoms with Crippen LogP contribution < -0.4 is 10.6 Å². The van der Waals surface area contributed by atoms with Gasteiger partial charge in [-0.1, -0.05) is 6.92 Å². The molecule has 0 bridgehead atoms. The number of hydrogen-bond acceptors (Lipinski definition) is 3. The number of aryl methyl sites for hydroxylation is 2. The van der Waals surface area contributed by atoms with Crippen LogP contribution in [0.3, 0.4) is 0 Å². The molecule has 2 rings (SSSR count). The van der Waals surface area contributed by atoms with Gasteiger partial charge in [-0.05, 0) is 26.3 Å². The standard InChI is InChI=1S/C12H20N4O/c1-4-10-11(7-16(3)15-10)14-12(17)9-5-6-13-8(9)2/h7-9,13H,4-6H2,1-3H3,(H,14,17). The average molecular weight is 236 g/mol. The van der Waals surface area contributed by atoms with Gasteiger partial charge in [-0.2, -0.15) is 5.10 Å². The predicted molar refractivity (Wildman–Crippen MR) is 66.8 cm³/mol. The third kappa shape index (κ3) is 2.49. The first-order valence-electron chi connectivity index (χ1n) is 6.18. The Morgan fingerprint density at radius 2 is 2.47 bits per heavy atom. The lowest BCUT2D eigenvalue weighted by Gasteiger charge is -2.14. The van der Waals surface area contributed by atoms with Crippen LogP contribution in [0.1, 0.15) is 26.0 Å². The zero-order valence-corrected chi connectivity index (χ0v) is 10.7. The minimum Gasteiger partial charge on any atom is -0.323 e. The van der Waals surface area contributed by atoms with E-state index in [1.807, 2.05) is 20.2 Å². The van der Waals surface area contributed by atoms with Crippen LogP contribution in [-0.4, -0.2) is 28.3 Å². The topological polar surface area (TPSA) is 59.0 Å². The molecule has 2 heterocycles. The van der Waals surface area contributed by atoms with Crippen molar-refractivity contribution < 1.29 is 4.79 Å². The highest BCUT2D eigenvalue weighted by atomic mass is 16.2. The van der Waals surface area contributed by atoms with E-state index in [4.69, 9.17) is 0 Å². The summed E-state index contributed by atoms with van der Waals surface area (Å²) in [6.45, 7) is 5.02. The van der Waals surface area contributed by atoms with Gasteiger partial charge in [0.05, 0.1) is 17.3 Å². The Morgan fingerprint density at radius 1 is 1.71 bits per heavy atom. The van der Waals surface area contributed by atoms with Gasteiger partial charge in [0.25, 0.3) is 0 Å². The Labute approximate surface area is 102 Å². The number of nitrogens with zero attached hydrogens (tertiary/aromatic N) is 2. The summed E-state index contributed by atoms with van der Waals surface area (Å²) >= 11 is 0. The van der Waals surface area contributed by atoms with Crippen molar-refractivity contribution in [2.45, 2.75) is 32.7 Å². The molecular weight excluding hydrogens is 216 g/mol. The Kier molecular flexibility index (Phi) is 3.47. The van der Waals surface area contributed by atoms with Crippen LogP contribution in [0.4, 0.5) is 5.69 Å². The van der Waals surface area contributed by atoms with Crippen LogP contribution in [0.25, 0.3) is 0 Å². The maximum atomic E-state index is 12.1. The second kappa shape index (κ2) is 4.87. The molecule has 1 fully saturated rings. The van der Waals surface area contributed by atoms with Crippen LogP contribution in [0, 0.1) is 5.92 Å². The van der Waals surface area contributed by atoms with Gasteiger partial charge < -0.3 is 10.6 Å². The Hall–Kier alpha value is -1.36. The normalized spacial score (nSPS) is 23.9. The molecule has 0 spiro atoms. The molecule has 1 aromatic heterocycles. The van der Waals surface area contributed by atoms with Crippen LogP contribution >= 0.6 is 0 Å². The third-order valence-electron chi connectivity index (χ3n) is 3.36. The highest BCUT2D eigenvalue weighted by Crippen LogP contribution is 2.20. The van der Waals surface area contributed by atoms with Crippen molar-refractivity contribution in [1.82, 2.24) is 15.1 Å².